The third-order valence-electron chi connectivity index (χ3n) is 9.07. The highest BCUT2D eigenvalue weighted by atomic mass is 16.7. The maximum absolute atomic E-state index is 14.1. The minimum absolute atomic E-state index is 0.0325. The number of aliphatic hydroxyl groups excluding tert-OH is 1. The number of hydrogen-bond donors (Lipinski definition) is 1. The van der Waals surface area contributed by atoms with E-state index in [0.29, 0.717) is 45.9 Å². The Balaban J connectivity index is 1.20. The van der Waals surface area contributed by atoms with Gasteiger partial charge < -0.3 is 38.4 Å². The lowest BCUT2D eigenvalue weighted by Crippen LogP contribution is -2.50. The first-order valence-corrected chi connectivity index (χ1v) is 16.7. The molecule has 48 heavy (non-hydrogen) atoms. The summed E-state index contributed by atoms with van der Waals surface area (Å²) in [5, 5.41) is 9.89. The predicted molar refractivity (Wildman–Crippen MR) is 177 cm³/mol. The zero-order chi connectivity index (χ0) is 33.5. The molecule has 12 nitrogen and oxygen atoms in total. The number of aromatic nitrogens is 1. The second-order valence-corrected chi connectivity index (χ2v) is 12.1. The summed E-state index contributed by atoms with van der Waals surface area (Å²) in [4.78, 5) is 30.9. The normalized spacial score (nSPS) is 20.9. The summed E-state index contributed by atoms with van der Waals surface area (Å²) in [5.74, 6) is 1.07. The molecule has 3 aliphatic heterocycles. The van der Waals surface area contributed by atoms with Crippen LogP contribution in [0.15, 0.2) is 60.5 Å². The number of allylic oxidation sites excluding steroid dienone is 1. The first-order valence-electron chi connectivity index (χ1n) is 16.7. The van der Waals surface area contributed by atoms with E-state index in [1.807, 2.05) is 60.5 Å². The summed E-state index contributed by atoms with van der Waals surface area (Å²) in [7, 11) is 0. The van der Waals surface area contributed by atoms with Crippen LogP contribution in [-0.4, -0.2) is 110 Å². The van der Waals surface area contributed by atoms with Gasteiger partial charge in [-0.2, -0.15) is 0 Å². The van der Waals surface area contributed by atoms with Crippen molar-refractivity contribution < 1.29 is 43.1 Å². The van der Waals surface area contributed by atoms with Crippen molar-refractivity contribution >= 4 is 22.7 Å². The van der Waals surface area contributed by atoms with Crippen LogP contribution in [-0.2, 0) is 30.3 Å². The Morgan fingerprint density at radius 3 is 2.50 bits per heavy atom. The molecule has 2 aromatic carbocycles. The fourth-order valence-corrected chi connectivity index (χ4v) is 6.69. The molecule has 3 atom stereocenters. The highest BCUT2D eigenvalue weighted by Gasteiger charge is 2.40. The predicted octanol–water partition coefficient (Wildman–Crippen LogP) is 3.77. The third-order valence-corrected chi connectivity index (χ3v) is 9.07. The molecule has 0 aliphatic carbocycles. The van der Waals surface area contributed by atoms with Crippen molar-refractivity contribution in [2.45, 2.75) is 39.0 Å². The Kier molecular flexibility index (Phi) is 11.3. The number of para-hydroxylation sites is 1. The van der Waals surface area contributed by atoms with Crippen LogP contribution in [0.2, 0.25) is 0 Å². The van der Waals surface area contributed by atoms with E-state index < -0.39 is 6.29 Å². The van der Waals surface area contributed by atoms with E-state index in [0.717, 1.165) is 53.2 Å². The first-order chi connectivity index (χ1) is 23.5. The average Bonchev–Trinajstić information content (AvgIpc) is 3.73. The molecule has 1 aromatic heterocycles. The highest BCUT2D eigenvalue weighted by molar-refractivity contribution is 5.95. The van der Waals surface area contributed by atoms with Crippen LogP contribution in [0.25, 0.3) is 10.9 Å². The van der Waals surface area contributed by atoms with E-state index in [1.54, 1.807) is 11.5 Å². The van der Waals surface area contributed by atoms with Gasteiger partial charge in [-0.25, -0.2) is 0 Å². The summed E-state index contributed by atoms with van der Waals surface area (Å²) in [6.45, 7) is 8.86. The van der Waals surface area contributed by atoms with E-state index >= 15 is 0 Å². The lowest BCUT2D eigenvalue weighted by atomic mass is 9.81. The van der Waals surface area contributed by atoms with Crippen LogP contribution in [0, 0.1) is 5.92 Å². The molecule has 1 saturated heterocycles. The van der Waals surface area contributed by atoms with Crippen molar-refractivity contribution in [3.05, 3.63) is 71.6 Å². The van der Waals surface area contributed by atoms with Gasteiger partial charge in [-0.05, 0) is 48.7 Å². The minimum atomic E-state index is -0.690. The maximum Gasteiger partial charge on any atom is 0.288 e. The molecule has 1 fully saturated rings. The van der Waals surface area contributed by atoms with E-state index in [9.17, 15) is 9.59 Å². The quantitative estimate of drug-likeness (QED) is 0.255. The van der Waals surface area contributed by atoms with Crippen molar-refractivity contribution in [2.24, 2.45) is 5.92 Å². The molecular formula is C36H45N3O9. The molecule has 1 N–H and O–H groups in total. The van der Waals surface area contributed by atoms with Gasteiger partial charge in [-0.15, -0.1) is 0 Å². The molecule has 258 valence electrons. The minimum Gasteiger partial charge on any atom is -0.459 e. The summed E-state index contributed by atoms with van der Waals surface area (Å²) in [6.07, 6.45) is 3.70. The Morgan fingerprint density at radius 2 is 1.73 bits per heavy atom. The summed E-state index contributed by atoms with van der Waals surface area (Å²) < 4.78 is 36.4. The SMILES string of the molecule is CCO[C@@H]1OC(C(=O)N2CCN(Cc3ccc4c(c3)OCO4)CC2)=C[C@H](c2cn(C(C)=O)c3ccccc23)[C@@H]1CCOCCOCCO. The molecule has 0 spiro atoms. The van der Waals surface area contributed by atoms with Crippen molar-refractivity contribution in [1.29, 1.82) is 0 Å². The molecule has 6 rings (SSSR count). The monoisotopic (exact) mass is 663 g/mol. The third kappa shape index (κ3) is 7.68. The number of fused-ring (bicyclic) bond motifs is 2. The van der Waals surface area contributed by atoms with Crippen LogP contribution < -0.4 is 9.47 Å². The fraction of sp³-hybridized carbons (Fsp3) is 0.500. The molecule has 4 heterocycles. The topological polar surface area (TPSA) is 121 Å². The van der Waals surface area contributed by atoms with Crippen molar-refractivity contribution in [3.8, 4) is 11.5 Å². The summed E-state index contributed by atoms with van der Waals surface area (Å²) in [6, 6.07) is 13.8. The molecule has 0 saturated carbocycles. The molecule has 0 unspecified atom stereocenters. The van der Waals surface area contributed by atoms with E-state index in [2.05, 4.69) is 11.0 Å². The van der Waals surface area contributed by atoms with Crippen LogP contribution in [0.3, 0.4) is 0 Å². The second kappa shape index (κ2) is 16.0. The van der Waals surface area contributed by atoms with Gasteiger partial charge in [0.15, 0.2) is 17.3 Å². The number of ether oxygens (including phenoxy) is 6. The van der Waals surface area contributed by atoms with E-state index in [4.69, 9.17) is 33.5 Å². The second-order valence-electron chi connectivity index (χ2n) is 12.1. The summed E-state index contributed by atoms with van der Waals surface area (Å²) in [5.41, 5.74) is 2.89. The number of piperazine rings is 1. The number of benzene rings is 2. The molecule has 12 heteroatoms. The number of aliphatic hydroxyl groups is 1. The number of hydrogen-bond acceptors (Lipinski definition) is 10. The summed E-state index contributed by atoms with van der Waals surface area (Å²) >= 11 is 0. The molecule has 0 bridgehead atoms. The number of amides is 1. The molecule has 3 aliphatic rings. The lowest BCUT2D eigenvalue weighted by Gasteiger charge is -2.39. The average molecular weight is 664 g/mol. The van der Waals surface area contributed by atoms with Gasteiger partial charge in [0.1, 0.15) is 0 Å². The number of nitrogens with zero attached hydrogens (tertiary/aromatic N) is 3. The number of carbonyl (C=O) groups is 2. The lowest BCUT2D eigenvalue weighted by molar-refractivity contribution is -0.172. The van der Waals surface area contributed by atoms with E-state index in [-0.39, 0.29) is 49.4 Å². The Morgan fingerprint density at radius 1 is 0.958 bits per heavy atom. The Labute approximate surface area is 280 Å². The van der Waals surface area contributed by atoms with Gasteiger partial charge in [0, 0.05) is 76.3 Å². The van der Waals surface area contributed by atoms with Crippen LogP contribution in [0.4, 0.5) is 0 Å². The van der Waals surface area contributed by atoms with Gasteiger partial charge in [-0.1, -0.05) is 24.3 Å². The first kappa shape index (κ1) is 33.9. The largest absolute Gasteiger partial charge is 0.459 e. The van der Waals surface area contributed by atoms with Gasteiger partial charge in [-0.3, -0.25) is 19.1 Å². The van der Waals surface area contributed by atoms with Gasteiger partial charge >= 0.3 is 0 Å². The number of carbonyl (C=O) groups excluding carboxylic acids is 2. The zero-order valence-electron chi connectivity index (χ0n) is 27.7. The maximum atomic E-state index is 14.1. The molecular weight excluding hydrogens is 618 g/mol. The van der Waals surface area contributed by atoms with Crippen LogP contribution in [0.5, 0.6) is 11.5 Å². The molecule has 3 aromatic rings. The van der Waals surface area contributed by atoms with Gasteiger partial charge in [0.25, 0.3) is 5.91 Å². The Bertz CT molecular complexity index is 1600. The fourth-order valence-electron chi connectivity index (χ4n) is 6.69. The molecule has 1 amide bonds. The van der Waals surface area contributed by atoms with E-state index in [1.165, 1.54) is 0 Å². The van der Waals surface area contributed by atoms with Gasteiger partial charge in [0.2, 0.25) is 19.0 Å². The molecule has 0 radical (unpaired) electrons. The highest BCUT2D eigenvalue weighted by Crippen LogP contribution is 2.42. The van der Waals surface area contributed by atoms with Gasteiger partial charge in [0.05, 0.1) is 31.9 Å². The van der Waals surface area contributed by atoms with Crippen molar-refractivity contribution in [1.82, 2.24) is 14.4 Å². The number of rotatable bonds is 14. The zero-order valence-corrected chi connectivity index (χ0v) is 27.7. The van der Waals surface area contributed by atoms with Crippen LogP contribution in [0.1, 0.15) is 42.1 Å². The Hall–Kier alpha value is -3.94. The van der Waals surface area contributed by atoms with Crippen LogP contribution >= 0.6 is 0 Å². The smallest absolute Gasteiger partial charge is 0.288 e. The van der Waals surface area contributed by atoms with Crippen molar-refractivity contribution in [2.75, 3.05) is 72.6 Å². The standard InChI is InChI=1S/C36H45N3O9/c1-3-45-36-28(10-16-43-18-19-44-17-15-40)29(30-23-39(25(2)41)31-7-5-4-6-27(30)31)21-34(48-36)35(42)38-13-11-37(12-14-38)22-26-8-9-32-33(20-26)47-24-46-32/h4-9,20-21,23,28-29,36,40H,3,10-19,22,24H2,1-2H3/t28-,29-,36+/m0/s1. The van der Waals surface area contributed by atoms with Crippen molar-refractivity contribution in [3.63, 3.8) is 0 Å².